The van der Waals surface area contributed by atoms with Crippen LogP contribution in [0.15, 0.2) is 0 Å². The van der Waals surface area contributed by atoms with Crippen molar-refractivity contribution in [3.63, 3.8) is 0 Å². The molecule has 0 saturated heterocycles. The van der Waals surface area contributed by atoms with Gasteiger partial charge in [-0.2, -0.15) is 0 Å². The topological polar surface area (TPSA) is 0 Å². The monoisotopic (exact) mass is 188 g/mol. The van der Waals surface area contributed by atoms with Crippen molar-refractivity contribution in [3.05, 3.63) is 0 Å². The first-order chi connectivity index (χ1) is 5.81. The SMILES string of the molecule is CCCCCC(P)CCCCC. The summed E-state index contributed by atoms with van der Waals surface area (Å²) in [5, 5.41) is 0. The Balaban J connectivity index is 3.04. The van der Waals surface area contributed by atoms with E-state index in [1.54, 1.807) is 0 Å². The van der Waals surface area contributed by atoms with E-state index in [1.165, 1.54) is 51.4 Å². The maximum absolute atomic E-state index is 3.00. The summed E-state index contributed by atoms with van der Waals surface area (Å²) in [6.07, 6.45) is 11.2. The van der Waals surface area contributed by atoms with Crippen molar-refractivity contribution < 1.29 is 0 Å². The highest BCUT2D eigenvalue weighted by Crippen LogP contribution is 2.17. The summed E-state index contributed by atoms with van der Waals surface area (Å²) in [5.74, 6) is 0. The molecule has 0 fully saturated rings. The van der Waals surface area contributed by atoms with Gasteiger partial charge in [0.25, 0.3) is 0 Å². The Labute approximate surface area is 80.7 Å². The van der Waals surface area contributed by atoms with Crippen LogP contribution in [-0.4, -0.2) is 5.66 Å². The van der Waals surface area contributed by atoms with Crippen LogP contribution in [0.3, 0.4) is 0 Å². The molecule has 0 saturated carbocycles. The van der Waals surface area contributed by atoms with Gasteiger partial charge < -0.3 is 0 Å². The molecular formula is C11H25P. The third-order valence-corrected chi connectivity index (χ3v) is 3.02. The molecule has 0 heterocycles. The highest BCUT2D eigenvalue weighted by Gasteiger charge is 2.00. The Hall–Kier alpha value is 0.430. The van der Waals surface area contributed by atoms with E-state index in [4.69, 9.17) is 0 Å². The molecule has 0 aromatic rings. The van der Waals surface area contributed by atoms with Crippen LogP contribution in [0.1, 0.15) is 65.2 Å². The largest absolute Gasteiger partial charge is 0.134 e. The average molecular weight is 188 g/mol. The number of rotatable bonds is 8. The van der Waals surface area contributed by atoms with Crippen LogP contribution in [0.4, 0.5) is 0 Å². The first-order valence-corrected chi connectivity index (χ1v) is 6.23. The molecule has 0 spiro atoms. The van der Waals surface area contributed by atoms with Crippen molar-refractivity contribution in [1.82, 2.24) is 0 Å². The normalized spacial score (nSPS) is 11.0. The summed E-state index contributed by atoms with van der Waals surface area (Å²) in [5.41, 5.74) is 0.892. The fourth-order valence-corrected chi connectivity index (χ4v) is 1.93. The fourth-order valence-electron chi connectivity index (χ4n) is 1.46. The van der Waals surface area contributed by atoms with E-state index in [0.717, 1.165) is 5.66 Å². The average Bonchev–Trinajstić information content (AvgIpc) is 2.06. The lowest BCUT2D eigenvalue weighted by molar-refractivity contribution is 0.583. The number of hydrogen-bond acceptors (Lipinski definition) is 0. The Kier molecular flexibility index (Phi) is 9.86. The Morgan fingerprint density at radius 2 is 1.25 bits per heavy atom. The zero-order valence-electron chi connectivity index (χ0n) is 8.81. The quantitative estimate of drug-likeness (QED) is 0.391. The predicted octanol–water partition coefficient (Wildman–Crippen LogP) is 4.39. The van der Waals surface area contributed by atoms with E-state index in [9.17, 15) is 0 Å². The molecule has 12 heavy (non-hydrogen) atoms. The van der Waals surface area contributed by atoms with E-state index in [2.05, 4.69) is 23.1 Å². The molecule has 0 rings (SSSR count). The molecule has 74 valence electrons. The van der Waals surface area contributed by atoms with Gasteiger partial charge in [-0.15, -0.1) is 9.24 Å². The third-order valence-electron chi connectivity index (χ3n) is 2.36. The van der Waals surface area contributed by atoms with Crippen molar-refractivity contribution in [2.24, 2.45) is 0 Å². The molecule has 1 atom stereocenters. The van der Waals surface area contributed by atoms with Crippen molar-refractivity contribution in [1.29, 1.82) is 0 Å². The second-order valence-corrected chi connectivity index (χ2v) is 4.69. The van der Waals surface area contributed by atoms with E-state index in [-0.39, 0.29) is 0 Å². The lowest BCUT2D eigenvalue weighted by atomic mass is 10.1. The first kappa shape index (κ1) is 12.4. The van der Waals surface area contributed by atoms with Crippen molar-refractivity contribution in [2.75, 3.05) is 0 Å². The lowest BCUT2D eigenvalue weighted by Crippen LogP contribution is -1.97. The minimum absolute atomic E-state index is 0.892. The molecule has 0 amide bonds. The third kappa shape index (κ3) is 8.53. The summed E-state index contributed by atoms with van der Waals surface area (Å²) in [6, 6.07) is 0. The van der Waals surface area contributed by atoms with Crippen LogP contribution >= 0.6 is 9.24 Å². The molecule has 0 aliphatic heterocycles. The zero-order valence-corrected chi connectivity index (χ0v) is 9.97. The van der Waals surface area contributed by atoms with Crippen molar-refractivity contribution >= 4 is 9.24 Å². The molecule has 0 nitrogen and oxygen atoms in total. The zero-order chi connectivity index (χ0) is 9.23. The van der Waals surface area contributed by atoms with Crippen LogP contribution in [0.2, 0.25) is 0 Å². The van der Waals surface area contributed by atoms with Gasteiger partial charge in [-0.05, 0) is 18.5 Å². The second kappa shape index (κ2) is 9.52. The van der Waals surface area contributed by atoms with E-state index in [1.807, 2.05) is 0 Å². The Morgan fingerprint density at radius 3 is 1.58 bits per heavy atom. The Bertz CT molecular complexity index is 71.1. The Morgan fingerprint density at radius 1 is 0.833 bits per heavy atom. The van der Waals surface area contributed by atoms with E-state index >= 15 is 0 Å². The second-order valence-electron chi connectivity index (χ2n) is 3.75. The molecule has 1 heteroatoms. The molecule has 0 N–H and O–H groups in total. The van der Waals surface area contributed by atoms with Gasteiger partial charge in [0, 0.05) is 0 Å². The van der Waals surface area contributed by atoms with Crippen LogP contribution in [0, 0.1) is 0 Å². The van der Waals surface area contributed by atoms with Gasteiger partial charge in [0.1, 0.15) is 0 Å². The summed E-state index contributed by atoms with van der Waals surface area (Å²) < 4.78 is 0. The minimum Gasteiger partial charge on any atom is -0.134 e. The summed E-state index contributed by atoms with van der Waals surface area (Å²) in [4.78, 5) is 0. The first-order valence-electron chi connectivity index (χ1n) is 5.56. The van der Waals surface area contributed by atoms with Gasteiger partial charge in [-0.1, -0.05) is 52.4 Å². The minimum atomic E-state index is 0.892. The number of unbranched alkanes of at least 4 members (excludes halogenated alkanes) is 4. The molecule has 0 aromatic carbocycles. The molecular weight excluding hydrogens is 163 g/mol. The van der Waals surface area contributed by atoms with Gasteiger partial charge in [-0.3, -0.25) is 0 Å². The summed E-state index contributed by atoms with van der Waals surface area (Å²) >= 11 is 0. The molecule has 0 radical (unpaired) electrons. The molecule has 1 unspecified atom stereocenters. The smallest absolute Gasteiger partial charge is 0.0264 e. The van der Waals surface area contributed by atoms with Gasteiger partial charge in [0.05, 0.1) is 0 Å². The van der Waals surface area contributed by atoms with Crippen LogP contribution in [0.25, 0.3) is 0 Å². The molecule has 0 aliphatic carbocycles. The van der Waals surface area contributed by atoms with Crippen molar-refractivity contribution in [2.45, 2.75) is 70.9 Å². The van der Waals surface area contributed by atoms with Gasteiger partial charge in [-0.25, -0.2) is 0 Å². The van der Waals surface area contributed by atoms with E-state index in [0.29, 0.717) is 0 Å². The standard InChI is InChI=1S/C11H25P/c1-3-5-7-9-11(12)10-8-6-4-2/h11H,3-10,12H2,1-2H3. The van der Waals surface area contributed by atoms with Gasteiger partial charge >= 0.3 is 0 Å². The summed E-state index contributed by atoms with van der Waals surface area (Å²) in [6.45, 7) is 4.55. The molecule has 0 aliphatic rings. The number of hydrogen-bond donors (Lipinski definition) is 0. The predicted molar refractivity (Wildman–Crippen MR) is 61.8 cm³/mol. The van der Waals surface area contributed by atoms with E-state index < -0.39 is 0 Å². The van der Waals surface area contributed by atoms with Crippen LogP contribution < -0.4 is 0 Å². The lowest BCUT2D eigenvalue weighted by Gasteiger charge is -2.09. The highest BCUT2D eigenvalue weighted by molar-refractivity contribution is 7.17. The molecule has 0 aromatic heterocycles. The highest BCUT2D eigenvalue weighted by atomic mass is 31.0. The maximum Gasteiger partial charge on any atom is -0.0264 e. The van der Waals surface area contributed by atoms with Gasteiger partial charge in [0.15, 0.2) is 0 Å². The maximum atomic E-state index is 3.00. The van der Waals surface area contributed by atoms with Crippen LogP contribution in [-0.2, 0) is 0 Å². The van der Waals surface area contributed by atoms with Crippen LogP contribution in [0.5, 0.6) is 0 Å². The summed E-state index contributed by atoms with van der Waals surface area (Å²) in [7, 11) is 3.00. The fraction of sp³-hybridized carbons (Fsp3) is 1.00. The van der Waals surface area contributed by atoms with Gasteiger partial charge in [0.2, 0.25) is 0 Å². The van der Waals surface area contributed by atoms with Crippen molar-refractivity contribution in [3.8, 4) is 0 Å². The molecule has 0 bridgehead atoms.